The van der Waals surface area contributed by atoms with Crippen LogP contribution in [0, 0.1) is 11.3 Å². The maximum atomic E-state index is 8.91. The van der Waals surface area contributed by atoms with Gasteiger partial charge in [0, 0.05) is 11.8 Å². The highest BCUT2D eigenvalue weighted by Crippen LogP contribution is 2.35. The average molecular weight is 289 g/mol. The third-order valence-corrected chi connectivity index (χ3v) is 4.85. The molecule has 106 valence electrons. The van der Waals surface area contributed by atoms with Crippen molar-refractivity contribution in [2.24, 2.45) is 4.99 Å². The Balaban J connectivity index is 2.21. The van der Waals surface area contributed by atoms with Crippen molar-refractivity contribution in [1.29, 1.82) is 5.26 Å². The van der Waals surface area contributed by atoms with E-state index in [1.54, 1.807) is 31.0 Å². The minimum Gasteiger partial charge on any atom is -0.495 e. The van der Waals surface area contributed by atoms with Gasteiger partial charge >= 0.3 is 0 Å². The molecule has 0 saturated carbocycles. The molecule has 20 heavy (non-hydrogen) atoms. The molecular weight excluding hydrogens is 270 g/mol. The number of benzene rings is 1. The number of rotatable bonds is 4. The Morgan fingerprint density at radius 2 is 2.20 bits per heavy atom. The van der Waals surface area contributed by atoms with Gasteiger partial charge < -0.3 is 10.1 Å². The van der Waals surface area contributed by atoms with Crippen LogP contribution in [0.5, 0.6) is 5.75 Å². The van der Waals surface area contributed by atoms with Gasteiger partial charge in [-0.25, -0.2) is 0 Å². The first kappa shape index (κ1) is 14.7. The quantitative estimate of drug-likeness (QED) is 0.919. The summed E-state index contributed by atoms with van der Waals surface area (Å²) >= 11 is 1.74. The predicted octanol–water partition coefficient (Wildman–Crippen LogP) is 3.64. The minimum atomic E-state index is 0.0623. The van der Waals surface area contributed by atoms with Crippen molar-refractivity contribution < 1.29 is 4.74 Å². The van der Waals surface area contributed by atoms with Gasteiger partial charge in [0.1, 0.15) is 5.75 Å². The van der Waals surface area contributed by atoms with Gasteiger partial charge in [-0.05, 0) is 25.0 Å². The van der Waals surface area contributed by atoms with Crippen LogP contribution in [-0.4, -0.2) is 23.6 Å². The number of nitrogens with one attached hydrogen (secondary N) is 1. The Labute approximate surface area is 124 Å². The van der Waals surface area contributed by atoms with E-state index in [1.165, 1.54) is 0 Å². The summed E-state index contributed by atoms with van der Waals surface area (Å²) in [7, 11) is 1.60. The van der Waals surface area contributed by atoms with Crippen molar-refractivity contribution in [2.45, 2.75) is 32.2 Å². The number of anilines is 1. The molecule has 1 N–H and O–H groups in total. The molecule has 4 nitrogen and oxygen atoms in total. The first-order chi connectivity index (χ1) is 9.66. The summed E-state index contributed by atoms with van der Waals surface area (Å²) in [5.41, 5.74) is 1.50. The number of ether oxygens (including phenoxy) is 1. The van der Waals surface area contributed by atoms with Crippen molar-refractivity contribution in [3.63, 3.8) is 0 Å². The highest BCUT2D eigenvalue weighted by molar-refractivity contribution is 8.14. The second-order valence-corrected chi connectivity index (χ2v) is 5.75. The summed E-state index contributed by atoms with van der Waals surface area (Å²) in [6.07, 6.45) is 2.10. The molecule has 0 aliphatic carbocycles. The number of aliphatic imine (C=N–C) groups is 1. The Morgan fingerprint density at radius 1 is 1.45 bits per heavy atom. The average Bonchev–Trinajstić information content (AvgIpc) is 2.91. The van der Waals surface area contributed by atoms with Crippen molar-refractivity contribution in [1.82, 2.24) is 0 Å². The second-order valence-electron chi connectivity index (χ2n) is 4.79. The van der Waals surface area contributed by atoms with E-state index in [0.29, 0.717) is 11.3 Å². The third kappa shape index (κ3) is 2.91. The molecule has 0 bridgehead atoms. The Bertz CT molecular complexity index is 559. The highest BCUT2D eigenvalue weighted by Gasteiger charge is 2.32. The topological polar surface area (TPSA) is 57.4 Å². The molecular formula is C15H19N3OS. The van der Waals surface area contributed by atoms with Crippen LogP contribution >= 0.6 is 11.8 Å². The van der Waals surface area contributed by atoms with Crippen LogP contribution in [0.15, 0.2) is 23.2 Å². The van der Waals surface area contributed by atoms with Gasteiger partial charge in [0.15, 0.2) is 5.17 Å². The molecule has 1 aliphatic rings. The molecule has 0 spiro atoms. The van der Waals surface area contributed by atoms with Gasteiger partial charge in [-0.2, -0.15) is 5.26 Å². The molecule has 1 aromatic rings. The molecule has 1 aromatic carbocycles. The molecule has 0 radical (unpaired) electrons. The fourth-order valence-electron chi connectivity index (χ4n) is 2.14. The molecule has 5 heteroatoms. The van der Waals surface area contributed by atoms with Gasteiger partial charge in [-0.1, -0.05) is 25.6 Å². The third-order valence-electron chi connectivity index (χ3n) is 3.70. The van der Waals surface area contributed by atoms with Crippen molar-refractivity contribution in [2.75, 3.05) is 18.2 Å². The van der Waals surface area contributed by atoms with Crippen molar-refractivity contribution in [3.8, 4) is 11.8 Å². The summed E-state index contributed by atoms with van der Waals surface area (Å²) in [5, 5.41) is 13.2. The number of hydrogen-bond acceptors (Lipinski definition) is 5. The Kier molecular flexibility index (Phi) is 4.56. The fourth-order valence-corrected chi connectivity index (χ4v) is 3.46. The predicted molar refractivity (Wildman–Crippen MR) is 84.5 cm³/mol. The number of methoxy groups -OCH3 is 1. The van der Waals surface area contributed by atoms with Gasteiger partial charge in [-0.15, -0.1) is 0 Å². The van der Waals surface area contributed by atoms with Crippen LogP contribution in [0.1, 0.15) is 32.3 Å². The van der Waals surface area contributed by atoms with E-state index in [-0.39, 0.29) is 5.54 Å². The van der Waals surface area contributed by atoms with Crippen LogP contribution in [0.2, 0.25) is 0 Å². The van der Waals surface area contributed by atoms with E-state index in [4.69, 9.17) is 15.0 Å². The zero-order valence-corrected chi connectivity index (χ0v) is 12.9. The maximum absolute atomic E-state index is 8.91. The van der Waals surface area contributed by atoms with Gasteiger partial charge in [0.25, 0.3) is 0 Å². The molecule has 1 heterocycles. The van der Waals surface area contributed by atoms with Crippen molar-refractivity contribution in [3.05, 3.63) is 23.8 Å². The van der Waals surface area contributed by atoms with Crippen LogP contribution in [0.25, 0.3) is 0 Å². The van der Waals surface area contributed by atoms with E-state index < -0.39 is 0 Å². The first-order valence-electron chi connectivity index (χ1n) is 6.74. The molecule has 0 fully saturated rings. The van der Waals surface area contributed by atoms with Gasteiger partial charge in [-0.3, -0.25) is 4.99 Å². The minimum absolute atomic E-state index is 0.0623. The number of amidine groups is 1. The monoisotopic (exact) mass is 289 g/mol. The second kappa shape index (κ2) is 6.19. The summed E-state index contributed by atoms with van der Waals surface area (Å²) < 4.78 is 5.32. The molecule has 0 atom stereocenters. The normalized spacial score (nSPS) is 16.4. The molecule has 2 rings (SSSR count). The zero-order valence-electron chi connectivity index (χ0n) is 12.1. The maximum Gasteiger partial charge on any atom is 0.161 e. The molecule has 0 unspecified atom stereocenters. The first-order valence-corrected chi connectivity index (χ1v) is 7.72. The largest absolute Gasteiger partial charge is 0.495 e. The smallest absolute Gasteiger partial charge is 0.161 e. The number of nitriles is 1. The number of thioether (sulfide) groups is 1. The summed E-state index contributed by atoms with van der Waals surface area (Å²) in [4.78, 5) is 4.82. The van der Waals surface area contributed by atoms with Crippen molar-refractivity contribution >= 4 is 22.6 Å². The molecule has 0 amide bonds. The van der Waals surface area contributed by atoms with Crippen LogP contribution in [-0.2, 0) is 0 Å². The fraction of sp³-hybridized carbons (Fsp3) is 0.467. The SMILES string of the molecule is CCC1(CC)CSC(Nc2ccc(C#N)cc2OC)=N1. The lowest BCUT2D eigenvalue weighted by atomic mass is 9.97. The van der Waals surface area contributed by atoms with Gasteiger partial charge in [0.05, 0.1) is 30.0 Å². The summed E-state index contributed by atoms with van der Waals surface area (Å²) in [5.74, 6) is 1.68. The van der Waals surface area contributed by atoms with Crippen LogP contribution < -0.4 is 10.1 Å². The molecule has 1 aliphatic heterocycles. The van der Waals surface area contributed by atoms with E-state index in [2.05, 4.69) is 25.2 Å². The number of hydrogen-bond donors (Lipinski definition) is 1. The van der Waals surface area contributed by atoms with E-state index in [1.807, 2.05) is 6.07 Å². The van der Waals surface area contributed by atoms with Crippen LogP contribution in [0.4, 0.5) is 5.69 Å². The zero-order chi connectivity index (χ0) is 14.6. The number of nitrogens with zero attached hydrogens (tertiary/aromatic N) is 2. The van der Waals surface area contributed by atoms with E-state index in [0.717, 1.165) is 29.4 Å². The Hall–Kier alpha value is -1.67. The lowest BCUT2D eigenvalue weighted by Gasteiger charge is -2.20. The lowest BCUT2D eigenvalue weighted by Crippen LogP contribution is -2.24. The van der Waals surface area contributed by atoms with E-state index >= 15 is 0 Å². The van der Waals surface area contributed by atoms with Crippen LogP contribution in [0.3, 0.4) is 0 Å². The summed E-state index contributed by atoms with van der Waals surface area (Å²) in [6, 6.07) is 7.48. The summed E-state index contributed by atoms with van der Waals surface area (Å²) in [6.45, 7) is 4.36. The highest BCUT2D eigenvalue weighted by atomic mass is 32.2. The molecule has 0 saturated heterocycles. The van der Waals surface area contributed by atoms with E-state index in [9.17, 15) is 0 Å². The standard InChI is InChI=1S/C15H19N3OS/c1-4-15(5-2)10-20-14(18-15)17-12-7-6-11(9-16)8-13(12)19-3/h6-8H,4-5,10H2,1-3H3,(H,17,18). The van der Waals surface area contributed by atoms with Gasteiger partial charge in [0.2, 0.25) is 0 Å². The Morgan fingerprint density at radius 3 is 2.75 bits per heavy atom. The lowest BCUT2D eigenvalue weighted by molar-refractivity contribution is 0.416. The molecule has 0 aromatic heterocycles.